The standard InChI is InChI=1S/C21H22N6S/c1-25-9-10-26(12-16-6-11-28-15-16)14-20(25)21-19-3-2-18(13-27(19)24-23-21)17-4-7-22-8-5-17/h2-8,11,13,15,20H,9-10,12,14H2,1H3/t20-/m1/s1. The Bertz CT molecular complexity index is 1060. The van der Waals surface area contributed by atoms with E-state index in [2.05, 4.69) is 61.1 Å². The predicted molar refractivity (Wildman–Crippen MR) is 111 cm³/mol. The van der Waals surface area contributed by atoms with E-state index in [1.54, 1.807) is 11.3 Å². The Morgan fingerprint density at radius 1 is 1.07 bits per heavy atom. The zero-order chi connectivity index (χ0) is 18.9. The first-order chi connectivity index (χ1) is 13.8. The lowest BCUT2D eigenvalue weighted by molar-refractivity contribution is 0.0890. The molecule has 1 fully saturated rings. The highest BCUT2D eigenvalue weighted by Crippen LogP contribution is 2.28. The summed E-state index contributed by atoms with van der Waals surface area (Å²) in [6.45, 7) is 4.07. The Morgan fingerprint density at radius 2 is 1.96 bits per heavy atom. The van der Waals surface area contributed by atoms with Crippen molar-refractivity contribution in [2.24, 2.45) is 0 Å². The number of piperazine rings is 1. The molecular weight excluding hydrogens is 368 g/mol. The van der Waals surface area contributed by atoms with Crippen molar-refractivity contribution >= 4 is 16.9 Å². The summed E-state index contributed by atoms with van der Waals surface area (Å²) < 4.78 is 1.90. The van der Waals surface area contributed by atoms with Gasteiger partial charge in [-0.05, 0) is 53.2 Å². The molecule has 0 radical (unpaired) electrons. The Kier molecular flexibility index (Phi) is 4.64. The first kappa shape index (κ1) is 17.5. The lowest BCUT2D eigenvalue weighted by atomic mass is 10.1. The van der Waals surface area contributed by atoms with Crippen LogP contribution in [-0.4, -0.2) is 56.3 Å². The molecule has 1 aliphatic rings. The minimum Gasteiger partial charge on any atom is -0.296 e. The number of aromatic nitrogens is 4. The fourth-order valence-electron chi connectivity index (χ4n) is 3.88. The molecule has 0 amide bonds. The van der Waals surface area contributed by atoms with Gasteiger partial charge in [-0.25, -0.2) is 4.52 Å². The summed E-state index contributed by atoms with van der Waals surface area (Å²) in [5.74, 6) is 0. The topological polar surface area (TPSA) is 49.6 Å². The third-order valence-electron chi connectivity index (χ3n) is 5.49. The SMILES string of the molecule is CN1CCN(Cc2ccsc2)C[C@@H]1c1nnn2cc(-c3ccncc3)ccc12. The number of likely N-dealkylation sites (N-methyl/N-ethyl adjacent to an activating group) is 1. The molecule has 5 rings (SSSR count). The van der Waals surface area contributed by atoms with E-state index < -0.39 is 0 Å². The Balaban J connectivity index is 1.43. The van der Waals surface area contributed by atoms with E-state index in [-0.39, 0.29) is 6.04 Å². The molecule has 4 aromatic heterocycles. The van der Waals surface area contributed by atoms with Gasteiger partial charge in [0, 0.05) is 50.3 Å². The van der Waals surface area contributed by atoms with Gasteiger partial charge in [0.2, 0.25) is 0 Å². The van der Waals surface area contributed by atoms with Crippen LogP contribution in [0.15, 0.2) is 59.7 Å². The van der Waals surface area contributed by atoms with Crippen LogP contribution in [0, 0.1) is 0 Å². The fourth-order valence-corrected chi connectivity index (χ4v) is 4.54. The summed E-state index contributed by atoms with van der Waals surface area (Å²) in [7, 11) is 2.18. The normalized spacial score (nSPS) is 18.7. The van der Waals surface area contributed by atoms with Gasteiger partial charge in [-0.1, -0.05) is 11.3 Å². The molecule has 1 saturated heterocycles. The van der Waals surface area contributed by atoms with Crippen LogP contribution in [0.1, 0.15) is 17.3 Å². The number of rotatable bonds is 4. The van der Waals surface area contributed by atoms with Gasteiger partial charge in [-0.15, -0.1) is 5.10 Å². The zero-order valence-electron chi connectivity index (χ0n) is 15.8. The third kappa shape index (κ3) is 3.32. The lowest BCUT2D eigenvalue weighted by Crippen LogP contribution is -2.46. The van der Waals surface area contributed by atoms with Crippen molar-refractivity contribution in [1.82, 2.24) is 29.6 Å². The van der Waals surface area contributed by atoms with Crippen LogP contribution in [0.4, 0.5) is 0 Å². The molecule has 0 bridgehead atoms. The quantitative estimate of drug-likeness (QED) is 0.535. The summed E-state index contributed by atoms with van der Waals surface area (Å²) >= 11 is 1.76. The highest BCUT2D eigenvalue weighted by molar-refractivity contribution is 7.07. The maximum Gasteiger partial charge on any atom is 0.109 e. The molecule has 0 aromatic carbocycles. The molecule has 28 heavy (non-hydrogen) atoms. The Hall–Kier alpha value is -2.61. The Morgan fingerprint density at radius 3 is 2.79 bits per heavy atom. The first-order valence-electron chi connectivity index (χ1n) is 9.47. The van der Waals surface area contributed by atoms with Crippen LogP contribution in [0.25, 0.3) is 16.6 Å². The lowest BCUT2D eigenvalue weighted by Gasteiger charge is -2.38. The number of fused-ring (bicyclic) bond motifs is 1. The molecule has 4 aromatic rings. The molecule has 7 heteroatoms. The minimum atomic E-state index is 0.247. The monoisotopic (exact) mass is 390 g/mol. The van der Waals surface area contributed by atoms with Gasteiger partial charge >= 0.3 is 0 Å². The third-order valence-corrected chi connectivity index (χ3v) is 6.22. The van der Waals surface area contributed by atoms with Crippen molar-refractivity contribution in [2.75, 3.05) is 26.7 Å². The minimum absolute atomic E-state index is 0.247. The summed E-state index contributed by atoms with van der Waals surface area (Å²) in [4.78, 5) is 9.01. The van der Waals surface area contributed by atoms with E-state index >= 15 is 0 Å². The molecule has 1 atom stereocenters. The Labute approximate surface area is 168 Å². The molecule has 142 valence electrons. The molecule has 0 aliphatic carbocycles. The molecule has 6 nitrogen and oxygen atoms in total. The molecule has 5 heterocycles. The van der Waals surface area contributed by atoms with Gasteiger partial charge in [0.1, 0.15) is 5.69 Å². The van der Waals surface area contributed by atoms with Gasteiger partial charge < -0.3 is 0 Å². The second-order valence-electron chi connectivity index (χ2n) is 7.32. The van der Waals surface area contributed by atoms with E-state index in [4.69, 9.17) is 0 Å². The van der Waals surface area contributed by atoms with Gasteiger partial charge in [-0.2, -0.15) is 11.3 Å². The smallest absolute Gasteiger partial charge is 0.109 e. The van der Waals surface area contributed by atoms with Crippen LogP contribution in [0.5, 0.6) is 0 Å². The number of hydrogen-bond donors (Lipinski definition) is 0. The van der Waals surface area contributed by atoms with E-state index in [9.17, 15) is 0 Å². The van der Waals surface area contributed by atoms with Crippen LogP contribution in [0.3, 0.4) is 0 Å². The molecule has 0 unspecified atom stereocenters. The number of pyridine rings is 2. The molecule has 0 spiro atoms. The van der Waals surface area contributed by atoms with Gasteiger partial charge in [0.25, 0.3) is 0 Å². The van der Waals surface area contributed by atoms with Crippen molar-refractivity contribution in [3.8, 4) is 11.1 Å². The van der Waals surface area contributed by atoms with Crippen LogP contribution in [0.2, 0.25) is 0 Å². The molecule has 0 N–H and O–H groups in total. The van der Waals surface area contributed by atoms with Gasteiger partial charge in [-0.3, -0.25) is 14.8 Å². The second kappa shape index (κ2) is 7.43. The first-order valence-corrected chi connectivity index (χ1v) is 10.4. The zero-order valence-corrected chi connectivity index (χ0v) is 16.6. The van der Waals surface area contributed by atoms with E-state index in [1.807, 2.05) is 35.2 Å². The van der Waals surface area contributed by atoms with Crippen molar-refractivity contribution in [1.29, 1.82) is 0 Å². The van der Waals surface area contributed by atoms with Crippen LogP contribution >= 0.6 is 11.3 Å². The molecule has 1 aliphatic heterocycles. The van der Waals surface area contributed by atoms with Crippen molar-refractivity contribution in [2.45, 2.75) is 12.6 Å². The van der Waals surface area contributed by atoms with Crippen LogP contribution in [-0.2, 0) is 6.54 Å². The highest BCUT2D eigenvalue weighted by Gasteiger charge is 2.29. The molecule has 0 saturated carbocycles. The average molecular weight is 391 g/mol. The van der Waals surface area contributed by atoms with Crippen LogP contribution < -0.4 is 0 Å². The maximum absolute atomic E-state index is 4.57. The molecular formula is C21H22N6S. The summed E-state index contributed by atoms with van der Waals surface area (Å²) in [6.07, 6.45) is 5.67. The predicted octanol–water partition coefficient (Wildman–Crippen LogP) is 3.34. The van der Waals surface area contributed by atoms with Crippen molar-refractivity contribution < 1.29 is 0 Å². The van der Waals surface area contributed by atoms with Gasteiger partial charge in [0.05, 0.1) is 11.6 Å². The van der Waals surface area contributed by atoms with E-state index in [1.165, 1.54) is 5.56 Å². The maximum atomic E-state index is 4.57. The fraction of sp³-hybridized carbons (Fsp3) is 0.286. The largest absolute Gasteiger partial charge is 0.296 e. The average Bonchev–Trinajstić information content (AvgIpc) is 3.39. The van der Waals surface area contributed by atoms with Gasteiger partial charge in [0.15, 0.2) is 0 Å². The second-order valence-corrected chi connectivity index (χ2v) is 8.10. The highest BCUT2D eigenvalue weighted by atomic mass is 32.1. The van der Waals surface area contributed by atoms with E-state index in [0.29, 0.717) is 0 Å². The number of thiophene rings is 1. The number of hydrogen-bond acceptors (Lipinski definition) is 6. The summed E-state index contributed by atoms with van der Waals surface area (Å²) in [6, 6.07) is 10.8. The van der Waals surface area contributed by atoms with Crippen molar-refractivity contribution in [3.63, 3.8) is 0 Å². The van der Waals surface area contributed by atoms with Crippen molar-refractivity contribution in [3.05, 3.63) is 70.9 Å². The number of nitrogens with zero attached hydrogens (tertiary/aromatic N) is 6. The summed E-state index contributed by atoms with van der Waals surface area (Å²) in [5, 5.41) is 13.4. The van der Waals surface area contributed by atoms with E-state index in [0.717, 1.165) is 48.5 Å². The summed E-state index contributed by atoms with van der Waals surface area (Å²) in [5.41, 5.74) is 5.77.